The lowest BCUT2D eigenvalue weighted by Gasteiger charge is -2.33. The molecule has 0 aromatic heterocycles. The molecule has 32 heavy (non-hydrogen) atoms. The van der Waals surface area contributed by atoms with Gasteiger partial charge in [0.05, 0.1) is 0 Å². The van der Waals surface area contributed by atoms with Crippen LogP contribution >= 0.6 is 0 Å². The quantitative estimate of drug-likeness (QED) is 0.717. The Balaban J connectivity index is 1.16. The Morgan fingerprint density at radius 1 is 0.969 bits per heavy atom. The third-order valence-corrected chi connectivity index (χ3v) is 8.16. The van der Waals surface area contributed by atoms with Crippen LogP contribution in [-0.2, 0) is 11.3 Å². The fourth-order valence-electron chi connectivity index (χ4n) is 5.89. The largest absolute Gasteiger partial charge is 0.341 e. The third-order valence-electron chi connectivity index (χ3n) is 8.16. The molecule has 0 N–H and O–H groups in total. The zero-order valence-electron chi connectivity index (χ0n) is 19.7. The summed E-state index contributed by atoms with van der Waals surface area (Å²) in [5, 5.41) is 0. The van der Waals surface area contributed by atoms with Crippen LogP contribution in [0.5, 0.6) is 0 Å². The van der Waals surface area contributed by atoms with Crippen molar-refractivity contribution in [2.75, 3.05) is 46.3 Å². The maximum atomic E-state index is 13.2. The Labute approximate surface area is 193 Å². The van der Waals surface area contributed by atoms with Gasteiger partial charge in [-0.25, -0.2) is 0 Å². The monoisotopic (exact) mass is 431 g/mol. The Morgan fingerprint density at radius 3 is 2.59 bits per heavy atom. The van der Waals surface area contributed by atoms with Crippen molar-refractivity contribution in [1.29, 1.82) is 0 Å². The first-order valence-electron chi connectivity index (χ1n) is 12.4. The average Bonchev–Trinajstić information content (AvgIpc) is 3.55. The zero-order chi connectivity index (χ0) is 22.1. The highest BCUT2D eigenvalue weighted by molar-refractivity contribution is 5.82. The van der Waals surface area contributed by atoms with Crippen LogP contribution in [0.2, 0.25) is 0 Å². The smallest absolute Gasteiger partial charge is 0.226 e. The number of piperidine rings is 1. The van der Waals surface area contributed by atoms with E-state index in [0.717, 1.165) is 58.7 Å². The number of benzene rings is 2. The van der Waals surface area contributed by atoms with Gasteiger partial charge < -0.3 is 9.80 Å². The van der Waals surface area contributed by atoms with Gasteiger partial charge in [0.1, 0.15) is 0 Å². The second-order valence-electron chi connectivity index (χ2n) is 10.4. The zero-order valence-corrected chi connectivity index (χ0v) is 19.7. The molecule has 1 spiro atoms. The summed E-state index contributed by atoms with van der Waals surface area (Å²) in [6.45, 7) is 9.39. The molecule has 4 heteroatoms. The molecule has 5 rings (SSSR count). The lowest BCUT2D eigenvalue weighted by atomic mass is 9.90. The maximum Gasteiger partial charge on any atom is 0.226 e. The predicted molar refractivity (Wildman–Crippen MR) is 130 cm³/mol. The van der Waals surface area contributed by atoms with E-state index in [1.54, 1.807) is 0 Å². The summed E-state index contributed by atoms with van der Waals surface area (Å²) in [4.78, 5) is 20.3. The fourth-order valence-corrected chi connectivity index (χ4v) is 5.89. The van der Waals surface area contributed by atoms with Gasteiger partial charge in [-0.3, -0.25) is 9.69 Å². The van der Waals surface area contributed by atoms with Crippen LogP contribution in [0.25, 0.3) is 11.1 Å². The van der Waals surface area contributed by atoms with Crippen molar-refractivity contribution in [3.05, 3.63) is 59.7 Å². The van der Waals surface area contributed by atoms with E-state index in [4.69, 9.17) is 0 Å². The van der Waals surface area contributed by atoms with Crippen molar-refractivity contribution in [3.63, 3.8) is 0 Å². The minimum atomic E-state index is 0.289. The van der Waals surface area contributed by atoms with Gasteiger partial charge in [-0.15, -0.1) is 0 Å². The summed E-state index contributed by atoms with van der Waals surface area (Å²) in [6, 6.07) is 17.6. The second-order valence-corrected chi connectivity index (χ2v) is 10.4. The number of amides is 1. The van der Waals surface area contributed by atoms with Crippen LogP contribution in [0.4, 0.5) is 0 Å². The van der Waals surface area contributed by atoms with E-state index in [2.05, 4.69) is 77.2 Å². The lowest BCUT2D eigenvalue weighted by Crippen LogP contribution is -2.39. The van der Waals surface area contributed by atoms with Crippen LogP contribution in [-0.4, -0.2) is 66.9 Å². The number of hydrogen-bond donors (Lipinski definition) is 0. The molecule has 1 amide bonds. The highest BCUT2D eigenvalue weighted by Gasteiger charge is 2.59. The van der Waals surface area contributed by atoms with Gasteiger partial charge >= 0.3 is 0 Å². The first-order chi connectivity index (χ1) is 15.5. The van der Waals surface area contributed by atoms with Crippen molar-refractivity contribution in [1.82, 2.24) is 14.7 Å². The van der Waals surface area contributed by atoms with Crippen molar-refractivity contribution in [2.45, 2.75) is 39.2 Å². The normalized spacial score (nSPS) is 23.8. The van der Waals surface area contributed by atoms with E-state index in [9.17, 15) is 4.79 Å². The van der Waals surface area contributed by atoms with E-state index >= 15 is 0 Å². The molecule has 2 aliphatic heterocycles. The number of likely N-dealkylation sites (N-methyl/N-ethyl adjacent to an activating group) is 1. The van der Waals surface area contributed by atoms with Crippen LogP contribution < -0.4 is 0 Å². The number of hydrogen-bond acceptors (Lipinski definition) is 3. The summed E-state index contributed by atoms with van der Waals surface area (Å²) >= 11 is 0. The highest BCUT2D eigenvalue weighted by atomic mass is 16.2. The van der Waals surface area contributed by atoms with Crippen LogP contribution in [0, 0.1) is 18.3 Å². The number of carbonyl (C=O) groups excluding carboxylic acids is 1. The molecule has 170 valence electrons. The Morgan fingerprint density at radius 2 is 1.78 bits per heavy atom. The fraction of sp³-hybridized carbons (Fsp3) is 0.536. The van der Waals surface area contributed by atoms with Crippen molar-refractivity contribution >= 4 is 5.91 Å². The van der Waals surface area contributed by atoms with Gasteiger partial charge in [-0.1, -0.05) is 42.5 Å². The molecule has 4 nitrogen and oxygen atoms in total. The number of rotatable bonds is 4. The van der Waals surface area contributed by atoms with Crippen LogP contribution in [0.15, 0.2) is 48.5 Å². The van der Waals surface area contributed by atoms with Gasteiger partial charge in [0, 0.05) is 32.1 Å². The van der Waals surface area contributed by atoms with Gasteiger partial charge in [-0.2, -0.15) is 0 Å². The molecule has 2 aromatic rings. The molecular weight excluding hydrogens is 394 g/mol. The van der Waals surface area contributed by atoms with Crippen molar-refractivity contribution in [2.24, 2.45) is 11.3 Å². The van der Waals surface area contributed by atoms with Gasteiger partial charge in [0.25, 0.3) is 0 Å². The Hall–Kier alpha value is -2.17. The predicted octanol–water partition coefficient (Wildman–Crippen LogP) is 4.43. The van der Waals surface area contributed by atoms with Crippen molar-refractivity contribution < 1.29 is 4.79 Å². The molecule has 3 fully saturated rings. The molecule has 2 aromatic carbocycles. The number of aryl methyl sites for hydroxylation is 1. The molecule has 1 unspecified atom stereocenters. The Kier molecular flexibility index (Phi) is 6.09. The van der Waals surface area contributed by atoms with E-state index in [-0.39, 0.29) is 5.92 Å². The number of likely N-dealkylation sites (tertiary alicyclic amines) is 1. The summed E-state index contributed by atoms with van der Waals surface area (Å²) in [5.74, 6) is 0.733. The van der Waals surface area contributed by atoms with Gasteiger partial charge in [-0.05, 0) is 93.0 Å². The van der Waals surface area contributed by atoms with Gasteiger partial charge in [0.15, 0.2) is 0 Å². The molecule has 0 bridgehead atoms. The lowest BCUT2D eigenvalue weighted by molar-refractivity contribution is -0.133. The topological polar surface area (TPSA) is 26.8 Å². The summed E-state index contributed by atoms with van der Waals surface area (Å²) in [6.07, 6.45) is 4.58. The van der Waals surface area contributed by atoms with Crippen LogP contribution in [0.3, 0.4) is 0 Å². The van der Waals surface area contributed by atoms with E-state index in [0.29, 0.717) is 11.3 Å². The molecular formula is C28H37N3O. The van der Waals surface area contributed by atoms with E-state index in [1.807, 2.05) is 0 Å². The van der Waals surface area contributed by atoms with Crippen molar-refractivity contribution in [3.8, 4) is 11.1 Å². The molecule has 1 aliphatic carbocycles. The first-order valence-corrected chi connectivity index (χ1v) is 12.4. The number of nitrogens with zero attached hydrogens (tertiary/aromatic N) is 3. The Bertz CT molecular complexity index is 963. The highest BCUT2D eigenvalue weighted by Crippen LogP contribution is 2.60. The minimum Gasteiger partial charge on any atom is -0.341 e. The van der Waals surface area contributed by atoms with Gasteiger partial charge in [0.2, 0.25) is 5.91 Å². The number of carbonyl (C=O) groups is 1. The summed E-state index contributed by atoms with van der Waals surface area (Å²) < 4.78 is 0. The van der Waals surface area contributed by atoms with E-state index in [1.165, 1.54) is 35.1 Å². The molecule has 3 aliphatic rings. The molecule has 2 heterocycles. The minimum absolute atomic E-state index is 0.289. The standard InChI is InChI=1S/C28H37N3O/c1-22-7-3-4-10-25(22)24-9-5-8-23(19-24)21-30-15-11-28(12-16-30)20-26(28)27(32)31-14-6-13-29(2)17-18-31/h3-5,7-10,19,26H,6,11-18,20-21H2,1-2H3. The third kappa shape index (κ3) is 4.49. The summed E-state index contributed by atoms with van der Waals surface area (Å²) in [5.41, 5.74) is 5.65. The first kappa shape index (κ1) is 21.7. The maximum absolute atomic E-state index is 13.2. The average molecular weight is 432 g/mol. The molecule has 0 radical (unpaired) electrons. The molecule has 2 saturated heterocycles. The van der Waals surface area contributed by atoms with Crippen LogP contribution in [0.1, 0.15) is 36.8 Å². The van der Waals surface area contributed by atoms with E-state index < -0.39 is 0 Å². The molecule has 1 atom stereocenters. The molecule has 1 saturated carbocycles. The summed E-state index contributed by atoms with van der Waals surface area (Å²) in [7, 11) is 2.17. The SMILES string of the molecule is Cc1ccccc1-c1cccc(CN2CCC3(CC2)CC3C(=O)N2CCCN(C)CC2)c1. The second kappa shape index (κ2) is 8.99.